The second-order valence-electron chi connectivity index (χ2n) is 2.59. The molecule has 1 aromatic heterocycles. The lowest BCUT2D eigenvalue weighted by atomic mass is 9.84. The number of nitrogens with zero attached hydrogens (tertiary/aromatic N) is 1. The number of aromatic nitrogens is 1. The molecule has 0 saturated carbocycles. The topological polar surface area (TPSA) is 12.9 Å². The van der Waals surface area contributed by atoms with Gasteiger partial charge in [-0.2, -0.15) is 0 Å². The summed E-state index contributed by atoms with van der Waals surface area (Å²) >= 11 is 0. The van der Waals surface area contributed by atoms with Gasteiger partial charge in [-0.1, -0.05) is 5.92 Å². The summed E-state index contributed by atoms with van der Waals surface area (Å²) in [5, 5.41) is 0. The van der Waals surface area contributed by atoms with E-state index in [1.54, 1.807) is 0 Å². The molecule has 1 aromatic rings. The Labute approximate surface area is 74.0 Å². The molecule has 0 aliphatic carbocycles. The molecule has 0 aliphatic heterocycles. The predicted molar refractivity (Wildman–Crippen MR) is 45.0 cm³/mol. The van der Waals surface area contributed by atoms with E-state index in [4.69, 9.17) is 6.42 Å². The average Bonchev–Trinajstić information content (AvgIpc) is 2.01. The van der Waals surface area contributed by atoms with Crippen molar-refractivity contribution >= 4 is 6.98 Å². The van der Waals surface area contributed by atoms with Crippen molar-refractivity contribution in [3.05, 3.63) is 29.6 Å². The Balaban J connectivity index is 2.86. The van der Waals surface area contributed by atoms with Crippen LogP contribution < -0.4 is 0 Å². The zero-order valence-corrected chi connectivity index (χ0v) is 6.67. The Morgan fingerprint density at radius 1 is 1.46 bits per heavy atom. The minimum Gasteiger partial charge on any atom is -0.449 e. The van der Waals surface area contributed by atoms with Crippen LogP contribution in [0.25, 0.3) is 0 Å². The Hall–Kier alpha value is -1.44. The zero-order valence-electron chi connectivity index (χ0n) is 6.67. The monoisotopic (exact) mass is 184 g/mol. The van der Waals surface area contributed by atoms with E-state index >= 15 is 0 Å². The molecule has 5 heteroatoms. The van der Waals surface area contributed by atoms with Crippen molar-refractivity contribution in [3.63, 3.8) is 0 Å². The molecule has 1 nitrogen and oxygen atoms in total. The third-order valence-electron chi connectivity index (χ3n) is 1.42. The average molecular weight is 184 g/mol. The summed E-state index contributed by atoms with van der Waals surface area (Å²) in [6.07, 6.45) is 5.34. The summed E-state index contributed by atoms with van der Waals surface area (Å²) in [7, 11) is 0. The van der Waals surface area contributed by atoms with Crippen LogP contribution >= 0.6 is 0 Å². The van der Waals surface area contributed by atoms with Gasteiger partial charge < -0.3 is 12.9 Å². The summed E-state index contributed by atoms with van der Waals surface area (Å²) in [5.74, 6) is 2.25. The highest BCUT2D eigenvalue weighted by Crippen LogP contribution is 2.14. The fourth-order valence-electron chi connectivity index (χ4n) is 0.917. The van der Waals surface area contributed by atoms with E-state index in [9.17, 15) is 12.9 Å². The van der Waals surface area contributed by atoms with Crippen LogP contribution in [0.5, 0.6) is 0 Å². The van der Waals surface area contributed by atoms with Gasteiger partial charge in [0.05, 0.1) is 0 Å². The van der Waals surface area contributed by atoms with E-state index < -0.39 is 13.3 Å². The molecule has 0 radical (unpaired) electrons. The van der Waals surface area contributed by atoms with Crippen molar-refractivity contribution in [2.45, 2.75) is 6.32 Å². The van der Waals surface area contributed by atoms with Crippen molar-refractivity contribution in [1.29, 1.82) is 0 Å². The van der Waals surface area contributed by atoms with Gasteiger partial charge in [-0.3, -0.25) is 4.98 Å². The van der Waals surface area contributed by atoms with E-state index in [2.05, 4.69) is 10.9 Å². The lowest BCUT2D eigenvalue weighted by molar-refractivity contribution is 0.467. The number of terminal acetylenes is 1. The first-order chi connectivity index (χ1) is 6.01. The number of hydrogen-bond acceptors (Lipinski definition) is 1. The maximum atomic E-state index is 11.9. The molecule has 0 fully saturated rings. The molecule has 1 heterocycles. The van der Waals surface area contributed by atoms with Gasteiger partial charge >= 0.3 is 6.98 Å². The summed E-state index contributed by atoms with van der Waals surface area (Å²) in [6.45, 7) is -4.83. The molecule has 0 spiro atoms. The Kier molecular flexibility index (Phi) is 2.62. The number of halogens is 3. The van der Waals surface area contributed by atoms with Gasteiger partial charge in [-0.15, -0.1) is 6.42 Å². The van der Waals surface area contributed by atoms with Gasteiger partial charge in [-0.05, 0) is 18.5 Å². The van der Waals surface area contributed by atoms with Gasteiger partial charge in [0.2, 0.25) is 0 Å². The summed E-state index contributed by atoms with van der Waals surface area (Å²) in [6, 6.07) is 2.77. The van der Waals surface area contributed by atoms with E-state index in [0.29, 0.717) is 5.56 Å². The van der Waals surface area contributed by atoms with Crippen molar-refractivity contribution in [2.24, 2.45) is 0 Å². The SMILES string of the molecule is C#Cc1ccnc(C[B-](F)(F)F)c1. The van der Waals surface area contributed by atoms with Crippen LogP contribution in [0.2, 0.25) is 0 Å². The highest BCUT2D eigenvalue weighted by Gasteiger charge is 2.23. The van der Waals surface area contributed by atoms with Crippen molar-refractivity contribution in [1.82, 2.24) is 4.98 Å². The second-order valence-corrected chi connectivity index (χ2v) is 2.59. The Morgan fingerprint density at radius 2 is 2.15 bits per heavy atom. The molecule has 0 aliphatic rings. The summed E-state index contributed by atoms with van der Waals surface area (Å²) < 4.78 is 35.8. The normalized spacial score (nSPS) is 10.9. The summed E-state index contributed by atoms with van der Waals surface area (Å²) in [4.78, 5) is 3.57. The van der Waals surface area contributed by atoms with E-state index in [1.165, 1.54) is 18.3 Å². The quantitative estimate of drug-likeness (QED) is 0.505. The summed E-state index contributed by atoms with van der Waals surface area (Å²) in [5.41, 5.74) is 0.396. The van der Waals surface area contributed by atoms with E-state index in [-0.39, 0.29) is 5.69 Å². The Bertz CT molecular complexity index is 340. The third-order valence-corrected chi connectivity index (χ3v) is 1.42. The van der Waals surface area contributed by atoms with Crippen LogP contribution in [0.15, 0.2) is 18.3 Å². The number of pyridine rings is 1. The second kappa shape index (κ2) is 3.52. The molecule has 1 rings (SSSR count). The van der Waals surface area contributed by atoms with Crippen LogP contribution in [0.1, 0.15) is 11.3 Å². The molecule has 0 amide bonds. The van der Waals surface area contributed by atoms with Crippen LogP contribution in [-0.2, 0) is 6.32 Å². The number of rotatable bonds is 2. The van der Waals surface area contributed by atoms with Gasteiger partial charge in [-0.25, -0.2) is 0 Å². The smallest absolute Gasteiger partial charge is 0.449 e. The van der Waals surface area contributed by atoms with E-state index in [1.807, 2.05) is 0 Å². The Morgan fingerprint density at radius 3 is 2.69 bits per heavy atom. The van der Waals surface area contributed by atoms with Crippen molar-refractivity contribution in [3.8, 4) is 12.3 Å². The molecule has 68 valence electrons. The van der Waals surface area contributed by atoms with Gasteiger partial charge in [0, 0.05) is 17.5 Å². The molecular weight excluding hydrogens is 178 g/mol. The van der Waals surface area contributed by atoms with Crippen LogP contribution in [0.4, 0.5) is 12.9 Å². The highest BCUT2D eigenvalue weighted by atomic mass is 19.4. The van der Waals surface area contributed by atoms with Crippen LogP contribution in [-0.4, -0.2) is 12.0 Å². The molecule has 0 N–H and O–H groups in total. The fourth-order valence-corrected chi connectivity index (χ4v) is 0.917. The minimum absolute atomic E-state index is 0.0250. The molecule has 0 bridgehead atoms. The van der Waals surface area contributed by atoms with Gasteiger partial charge in [0.1, 0.15) is 0 Å². The molecule has 0 atom stereocenters. The molecular formula is C8H6BF3N-. The third kappa shape index (κ3) is 3.20. The molecule has 0 saturated heterocycles. The number of hydrogen-bond donors (Lipinski definition) is 0. The first kappa shape index (κ1) is 9.65. The minimum atomic E-state index is -4.83. The molecule has 13 heavy (non-hydrogen) atoms. The lowest BCUT2D eigenvalue weighted by Crippen LogP contribution is -2.20. The standard InChI is InChI=1S/C8H6BF3N/c1-2-7-3-4-13-8(5-7)6-9(10,11)12/h1,3-5H,6H2/q-1. The van der Waals surface area contributed by atoms with Gasteiger partial charge in [0.15, 0.2) is 0 Å². The van der Waals surface area contributed by atoms with Crippen molar-refractivity contribution in [2.75, 3.05) is 0 Å². The van der Waals surface area contributed by atoms with Gasteiger partial charge in [0.25, 0.3) is 0 Å². The highest BCUT2D eigenvalue weighted by molar-refractivity contribution is 6.57. The fraction of sp³-hybridized carbons (Fsp3) is 0.125. The van der Waals surface area contributed by atoms with Crippen LogP contribution in [0.3, 0.4) is 0 Å². The largest absolute Gasteiger partial charge is 0.484 e. The lowest BCUT2D eigenvalue weighted by Gasteiger charge is -2.12. The zero-order chi connectivity index (χ0) is 9.90. The predicted octanol–water partition coefficient (Wildman–Crippen LogP) is 1.99. The maximum Gasteiger partial charge on any atom is 0.484 e. The van der Waals surface area contributed by atoms with Crippen LogP contribution in [0, 0.1) is 12.3 Å². The van der Waals surface area contributed by atoms with E-state index in [0.717, 1.165) is 0 Å². The van der Waals surface area contributed by atoms with Crippen molar-refractivity contribution < 1.29 is 12.9 Å². The molecule has 0 aromatic carbocycles. The molecule has 0 unspecified atom stereocenters. The maximum absolute atomic E-state index is 11.9. The first-order valence-corrected chi connectivity index (χ1v) is 3.64. The first-order valence-electron chi connectivity index (χ1n) is 3.64.